The van der Waals surface area contributed by atoms with Crippen molar-refractivity contribution in [2.75, 3.05) is 13.2 Å². The molecule has 0 rings (SSSR count). The first-order valence-electron chi connectivity index (χ1n) is 29.2. The molecule has 0 saturated heterocycles. The highest BCUT2D eigenvalue weighted by Crippen LogP contribution is 2.19. The van der Waals surface area contributed by atoms with Crippen LogP contribution < -0.4 is 0 Å². The van der Waals surface area contributed by atoms with E-state index in [2.05, 4.69) is 41.5 Å². The first-order valence-corrected chi connectivity index (χ1v) is 29.2. The van der Waals surface area contributed by atoms with Crippen LogP contribution in [-0.2, 0) is 28.6 Å². The van der Waals surface area contributed by atoms with Gasteiger partial charge in [0.2, 0.25) is 0 Å². The number of hydrogen-bond donors (Lipinski definition) is 0. The lowest BCUT2D eigenvalue weighted by atomic mass is 9.99. The van der Waals surface area contributed by atoms with Gasteiger partial charge in [0.25, 0.3) is 0 Å². The van der Waals surface area contributed by atoms with Crippen molar-refractivity contribution in [2.24, 2.45) is 17.8 Å². The Morgan fingerprint density at radius 3 is 0.800 bits per heavy atom. The van der Waals surface area contributed by atoms with E-state index in [4.69, 9.17) is 14.2 Å². The molecule has 0 amide bonds. The molecule has 0 spiro atoms. The second-order valence-corrected chi connectivity index (χ2v) is 21.2. The van der Waals surface area contributed by atoms with Gasteiger partial charge in [0.1, 0.15) is 13.2 Å². The SMILES string of the molecule is CCC(C)CCCCCCCCCCCCCCCCCCCCC(=O)OC[C@H](COC(=O)CCCCCCCCC(C)CC)OC(=O)CCCCCCCCCCCCCCC(C)C. The van der Waals surface area contributed by atoms with Crippen LogP contribution in [0.1, 0.15) is 324 Å². The maximum Gasteiger partial charge on any atom is 0.306 e. The minimum Gasteiger partial charge on any atom is -0.462 e. The molecule has 6 heteroatoms. The van der Waals surface area contributed by atoms with Gasteiger partial charge >= 0.3 is 17.9 Å². The molecule has 0 bridgehead atoms. The van der Waals surface area contributed by atoms with Crippen molar-refractivity contribution in [2.45, 2.75) is 330 Å². The summed E-state index contributed by atoms with van der Waals surface area (Å²) in [5.74, 6) is 1.71. The standard InChI is InChI=1S/C59H114O6/c1-7-54(5)46-40-34-28-24-20-15-13-11-9-10-12-14-16-21-25-29-36-42-48-57(60)63-51-56(52-64-58(61)49-43-37-32-31-35-41-47-55(6)8-2)65-59(62)50-44-38-30-26-22-18-17-19-23-27-33-39-45-53(3)4/h53-56H,7-52H2,1-6H3/t54?,55?,56-/m1/s1. The van der Waals surface area contributed by atoms with E-state index in [1.807, 2.05) is 0 Å². The van der Waals surface area contributed by atoms with Crippen LogP contribution in [0.3, 0.4) is 0 Å². The fraction of sp³-hybridized carbons (Fsp3) is 0.949. The molecule has 3 atom stereocenters. The van der Waals surface area contributed by atoms with Crippen LogP contribution in [0.4, 0.5) is 0 Å². The number of hydrogen-bond acceptors (Lipinski definition) is 6. The van der Waals surface area contributed by atoms with Crippen LogP contribution in [0.5, 0.6) is 0 Å². The van der Waals surface area contributed by atoms with Gasteiger partial charge in [-0.15, -0.1) is 0 Å². The molecule has 0 aromatic heterocycles. The second-order valence-electron chi connectivity index (χ2n) is 21.2. The molecule has 386 valence electrons. The Kier molecular flexibility index (Phi) is 49.1. The summed E-state index contributed by atoms with van der Waals surface area (Å²) in [4.78, 5) is 38.1. The van der Waals surface area contributed by atoms with E-state index >= 15 is 0 Å². The summed E-state index contributed by atoms with van der Waals surface area (Å²) in [5.41, 5.74) is 0. The van der Waals surface area contributed by atoms with Gasteiger partial charge in [0.05, 0.1) is 0 Å². The molecule has 2 unspecified atom stereocenters. The van der Waals surface area contributed by atoms with Gasteiger partial charge in [-0.25, -0.2) is 0 Å². The van der Waals surface area contributed by atoms with Gasteiger partial charge in [-0.1, -0.05) is 286 Å². The first kappa shape index (κ1) is 63.4. The Bertz CT molecular complexity index is 1010. The lowest BCUT2D eigenvalue weighted by molar-refractivity contribution is -0.167. The van der Waals surface area contributed by atoms with Crippen LogP contribution >= 0.6 is 0 Å². The molecule has 0 radical (unpaired) electrons. The molecule has 0 aliphatic heterocycles. The Hall–Kier alpha value is -1.59. The van der Waals surface area contributed by atoms with Gasteiger partial charge in [-0.05, 0) is 37.0 Å². The Morgan fingerprint density at radius 2 is 0.538 bits per heavy atom. The quantitative estimate of drug-likeness (QED) is 0.0344. The number of carbonyl (C=O) groups is 3. The maximum atomic E-state index is 12.8. The average molecular weight is 920 g/mol. The van der Waals surface area contributed by atoms with Crippen LogP contribution in [-0.4, -0.2) is 37.2 Å². The molecular formula is C59H114O6. The molecule has 0 N–H and O–H groups in total. The Labute approximate surface area is 406 Å². The predicted octanol–water partition coefficient (Wildman–Crippen LogP) is 19.1. The van der Waals surface area contributed by atoms with Gasteiger partial charge in [0.15, 0.2) is 6.10 Å². The molecule has 0 heterocycles. The van der Waals surface area contributed by atoms with Gasteiger partial charge in [0, 0.05) is 19.3 Å². The monoisotopic (exact) mass is 919 g/mol. The molecule has 0 fully saturated rings. The lowest BCUT2D eigenvalue weighted by Gasteiger charge is -2.18. The van der Waals surface area contributed by atoms with E-state index in [-0.39, 0.29) is 31.1 Å². The molecule has 0 aliphatic carbocycles. The van der Waals surface area contributed by atoms with Gasteiger partial charge in [-0.3, -0.25) is 14.4 Å². The predicted molar refractivity (Wildman–Crippen MR) is 279 cm³/mol. The van der Waals surface area contributed by atoms with Gasteiger partial charge < -0.3 is 14.2 Å². The molecule has 6 nitrogen and oxygen atoms in total. The highest BCUT2D eigenvalue weighted by Gasteiger charge is 2.19. The van der Waals surface area contributed by atoms with Crippen molar-refractivity contribution >= 4 is 17.9 Å². The number of esters is 3. The zero-order valence-electron chi connectivity index (χ0n) is 44.8. The van der Waals surface area contributed by atoms with Crippen LogP contribution in [0.25, 0.3) is 0 Å². The molecule has 0 aliphatic rings. The zero-order valence-corrected chi connectivity index (χ0v) is 44.8. The summed E-state index contributed by atoms with van der Waals surface area (Å²) in [5, 5.41) is 0. The third-order valence-electron chi connectivity index (χ3n) is 14.1. The second kappa shape index (κ2) is 50.3. The van der Waals surface area contributed by atoms with Crippen molar-refractivity contribution in [3.8, 4) is 0 Å². The summed E-state index contributed by atoms with van der Waals surface area (Å²) < 4.78 is 16.9. The zero-order chi connectivity index (χ0) is 47.7. The van der Waals surface area contributed by atoms with E-state index in [0.29, 0.717) is 19.3 Å². The number of unbranched alkanes of at least 4 members (excludes halogenated alkanes) is 33. The average Bonchev–Trinajstić information content (AvgIpc) is 3.29. The van der Waals surface area contributed by atoms with Crippen molar-refractivity contribution in [3.05, 3.63) is 0 Å². The maximum absolute atomic E-state index is 12.8. The van der Waals surface area contributed by atoms with Crippen LogP contribution in [0.15, 0.2) is 0 Å². The molecule has 0 saturated carbocycles. The summed E-state index contributed by atoms with van der Waals surface area (Å²) in [6, 6.07) is 0. The number of rotatable bonds is 52. The molecular weight excluding hydrogens is 805 g/mol. The van der Waals surface area contributed by atoms with E-state index < -0.39 is 6.10 Å². The minimum atomic E-state index is -0.764. The highest BCUT2D eigenvalue weighted by molar-refractivity contribution is 5.71. The number of carbonyl (C=O) groups excluding carboxylic acids is 3. The Morgan fingerprint density at radius 1 is 0.308 bits per heavy atom. The summed E-state index contributed by atoms with van der Waals surface area (Å²) >= 11 is 0. The van der Waals surface area contributed by atoms with E-state index in [1.54, 1.807) is 0 Å². The first-order chi connectivity index (χ1) is 31.7. The Balaban J connectivity index is 4.21. The summed E-state index contributed by atoms with van der Waals surface area (Å²) in [6.45, 7) is 13.8. The van der Waals surface area contributed by atoms with E-state index in [0.717, 1.165) is 75.5 Å². The lowest BCUT2D eigenvalue weighted by Crippen LogP contribution is -2.30. The third kappa shape index (κ3) is 50.1. The van der Waals surface area contributed by atoms with Gasteiger partial charge in [-0.2, -0.15) is 0 Å². The highest BCUT2D eigenvalue weighted by atomic mass is 16.6. The topological polar surface area (TPSA) is 78.9 Å². The minimum absolute atomic E-state index is 0.0643. The van der Waals surface area contributed by atoms with E-state index in [1.165, 1.54) is 205 Å². The van der Waals surface area contributed by atoms with Crippen molar-refractivity contribution in [3.63, 3.8) is 0 Å². The normalized spacial score (nSPS) is 13.0. The molecule has 0 aromatic carbocycles. The summed E-state index contributed by atoms with van der Waals surface area (Å²) in [7, 11) is 0. The van der Waals surface area contributed by atoms with E-state index in [9.17, 15) is 14.4 Å². The van der Waals surface area contributed by atoms with Crippen molar-refractivity contribution < 1.29 is 28.6 Å². The number of ether oxygens (including phenoxy) is 3. The van der Waals surface area contributed by atoms with Crippen molar-refractivity contribution in [1.82, 2.24) is 0 Å². The largest absolute Gasteiger partial charge is 0.462 e. The van der Waals surface area contributed by atoms with Crippen molar-refractivity contribution in [1.29, 1.82) is 0 Å². The summed E-state index contributed by atoms with van der Waals surface area (Å²) in [6.07, 6.45) is 52.4. The molecule has 65 heavy (non-hydrogen) atoms. The fourth-order valence-corrected chi connectivity index (χ4v) is 8.93. The fourth-order valence-electron chi connectivity index (χ4n) is 8.93. The van der Waals surface area contributed by atoms with Crippen LogP contribution in [0.2, 0.25) is 0 Å². The molecule has 0 aromatic rings. The smallest absolute Gasteiger partial charge is 0.306 e. The van der Waals surface area contributed by atoms with Crippen LogP contribution in [0, 0.1) is 17.8 Å². The third-order valence-corrected chi connectivity index (χ3v) is 14.1.